The Bertz CT molecular complexity index is 1440. The maximum atomic E-state index is 14.0. The molecule has 1 atom stereocenters. The first-order chi connectivity index (χ1) is 20.0. The van der Waals surface area contributed by atoms with Crippen LogP contribution in [0.3, 0.4) is 0 Å². The highest BCUT2D eigenvalue weighted by Gasteiger charge is 2.30. The molecule has 0 saturated carbocycles. The predicted molar refractivity (Wildman–Crippen MR) is 171 cm³/mol. The van der Waals surface area contributed by atoms with Crippen LogP contribution in [-0.4, -0.2) is 50.5 Å². The summed E-state index contributed by atoms with van der Waals surface area (Å²) in [4.78, 5) is 29.2. The van der Waals surface area contributed by atoms with Crippen molar-refractivity contribution < 1.29 is 18.0 Å². The lowest BCUT2D eigenvalue weighted by Gasteiger charge is -2.32. The maximum absolute atomic E-state index is 14.0. The van der Waals surface area contributed by atoms with Gasteiger partial charge in [0, 0.05) is 32.5 Å². The second-order valence-electron chi connectivity index (χ2n) is 11.1. The molecular formula is C34H45N3O4S. The summed E-state index contributed by atoms with van der Waals surface area (Å²) >= 11 is 0. The third-order valence-corrected chi connectivity index (χ3v) is 8.50. The van der Waals surface area contributed by atoms with Gasteiger partial charge < -0.3 is 10.2 Å². The second kappa shape index (κ2) is 15.5. The first-order valence-corrected chi connectivity index (χ1v) is 16.6. The number of rotatable bonds is 15. The average molecular weight is 592 g/mol. The molecule has 1 N–H and O–H groups in total. The number of carbonyl (C=O) groups is 2. The van der Waals surface area contributed by atoms with E-state index in [1.165, 1.54) is 10.6 Å². The van der Waals surface area contributed by atoms with Crippen LogP contribution in [0.15, 0.2) is 72.8 Å². The lowest BCUT2D eigenvalue weighted by atomic mass is 10.0. The van der Waals surface area contributed by atoms with Crippen molar-refractivity contribution in [3.63, 3.8) is 0 Å². The van der Waals surface area contributed by atoms with Crippen molar-refractivity contribution in [2.45, 2.75) is 72.4 Å². The molecule has 0 aliphatic carbocycles. The molecule has 0 aromatic heterocycles. The third kappa shape index (κ3) is 9.72. The molecule has 0 aliphatic rings. The van der Waals surface area contributed by atoms with Gasteiger partial charge in [-0.05, 0) is 61.9 Å². The third-order valence-electron chi connectivity index (χ3n) is 7.32. The van der Waals surface area contributed by atoms with Gasteiger partial charge in [0.2, 0.25) is 21.8 Å². The zero-order valence-electron chi connectivity index (χ0n) is 25.6. The van der Waals surface area contributed by atoms with Gasteiger partial charge in [0.15, 0.2) is 0 Å². The Morgan fingerprint density at radius 3 is 2.21 bits per heavy atom. The summed E-state index contributed by atoms with van der Waals surface area (Å²) in [5.74, 6) is -0.362. The second-order valence-corrected chi connectivity index (χ2v) is 13.0. The van der Waals surface area contributed by atoms with Gasteiger partial charge >= 0.3 is 0 Å². The maximum Gasteiger partial charge on any atom is 0.243 e. The van der Waals surface area contributed by atoms with Gasteiger partial charge in [0.1, 0.15) is 6.04 Å². The first-order valence-electron chi connectivity index (χ1n) is 14.7. The van der Waals surface area contributed by atoms with Crippen molar-refractivity contribution in [2.24, 2.45) is 0 Å². The molecule has 2 amide bonds. The summed E-state index contributed by atoms with van der Waals surface area (Å²) in [6.45, 7) is 8.87. The highest BCUT2D eigenvalue weighted by atomic mass is 32.2. The Balaban J connectivity index is 1.89. The lowest BCUT2D eigenvalue weighted by Crippen LogP contribution is -2.50. The van der Waals surface area contributed by atoms with E-state index in [0.717, 1.165) is 40.7 Å². The van der Waals surface area contributed by atoms with E-state index in [2.05, 4.69) is 12.2 Å². The average Bonchev–Trinajstić information content (AvgIpc) is 2.94. The van der Waals surface area contributed by atoms with Crippen LogP contribution in [-0.2, 0) is 32.6 Å². The number of nitrogens with zero attached hydrogens (tertiary/aromatic N) is 2. The van der Waals surface area contributed by atoms with Crippen molar-refractivity contribution >= 4 is 27.5 Å². The molecule has 42 heavy (non-hydrogen) atoms. The number of hydrogen-bond donors (Lipinski definition) is 1. The van der Waals surface area contributed by atoms with Gasteiger partial charge in [-0.1, -0.05) is 85.6 Å². The molecule has 0 saturated heterocycles. The number of hydrogen-bond acceptors (Lipinski definition) is 4. The number of anilines is 1. The summed E-state index contributed by atoms with van der Waals surface area (Å²) < 4.78 is 26.9. The van der Waals surface area contributed by atoms with Gasteiger partial charge in [-0.2, -0.15) is 0 Å². The molecule has 0 fully saturated rings. The Kier molecular flexibility index (Phi) is 12.2. The van der Waals surface area contributed by atoms with Crippen LogP contribution in [0.1, 0.15) is 60.4 Å². The minimum atomic E-state index is -3.57. The normalized spacial score (nSPS) is 12.0. The van der Waals surface area contributed by atoms with Gasteiger partial charge in [0.05, 0.1) is 11.9 Å². The molecule has 3 aromatic rings. The number of amides is 2. The van der Waals surface area contributed by atoms with Crippen LogP contribution in [0.25, 0.3) is 0 Å². The highest BCUT2D eigenvalue weighted by molar-refractivity contribution is 7.92. The number of unbranched alkanes of at least 4 members (excludes halogenated alkanes) is 1. The molecule has 0 spiro atoms. The van der Waals surface area contributed by atoms with Gasteiger partial charge in [-0.3, -0.25) is 13.9 Å². The fraction of sp³-hybridized carbons (Fsp3) is 0.412. The van der Waals surface area contributed by atoms with E-state index in [-0.39, 0.29) is 31.3 Å². The molecule has 0 aliphatic heterocycles. The van der Waals surface area contributed by atoms with E-state index in [0.29, 0.717) is 25.1 Å². The number of benzene rings is 3. The van der Waals surface area contributed by atoms with Crippen molar-refractivity contribution in [2.75, 3.05) is 23.7 Å². The molecule has 8 heteroatoms. The van der Waals surface area contributed by atoms with E-state index in [4.69, 9.17) is 0 Å². The van der Waals surface area contributed by atoms with E-state index in [9.17, 15) is 18.0 Å². The summed E-state index contributed by atoms with van der Waals surface area (Å²) in [6.07, 6.45) is 3.81. The van der Waals surface area contributed by atoms with Crippen molar-refractivity contribution in [1.82, 2.24) is 10.2 Å². The van der Waals surface area contributed by atoms with Gasteiger partial charge in [-0.25, -0.2) is 8.42 Å². The Morgan fingerprint density at radius 1 is 0.857 bits per heavy atom. The van der Waals surface area contributed by atoms with Crippen LogP contribution < -0.4 is 9.62 Å². The topological polar surface area (TPSA) is 86.8 Å². The molecule has 3 aromatic carbocycles. The van der Waals surface area contributed by atoms with Crippen LogP contribution in [0, 0.1) is 20.8 Å². The predicted octanol–water partition coefficient (Wildman–Crippen LogP) is 5.71. The Labute approximate surface area is 252 Å². The van der Waals surface area contributed by atoms with E-state index in [1.807, 2.05) is 93.6 Å². The van der Waals surface area contributed by atoms with E-state index >= 15 is 0 Å². The highest BCUT2D eigenvalue weighted by Crippen LogP contribution is 2.25. The molecule has 7 nitrogen and oxygen atoms in total. The molecular weight excluding hydrogens is 546 g/mol. The zero-order valence-corrected chi connectivity index (χ0v) is 26.4. The van der Waals surface area contributed by atoms with Crippen molar-refractivity contribution in [3.05, 3.63) is 101 Å². The van der Waals surface area contributed by atoms with Gasteiger partial charge in [-0.15, -0.1) is 0 Å². The monoisotopic (exact) mass is 591 g/mol. The van der Waals surface area contributed by atoms with Gasteiger partial charge in [0.25, 0.3) is 0 Å². The van der Waals surface area contributed by atoms with Crippen LogP contribution in [0.2, 0.25) is 0 Å². The fourth-order valence-electron chi connectivity index (χ4n) is 5.04. The summed E-state index contributed by atoms with van der Waals surface area (Å²) in [5.41, 5.74) is 5.42. The quantitative estimate of drug-likeness (QED) is 0.229. The lowest BCUT2D eigenvalue weighted by molar-refractivity contribution is -0.141. The zero-order chi connectivity index (χ0) is 30.7. The Hall–Kier alpha value is -3.65. The smallest absolute Gasteiger partial charge is 0.243 e. The van der Waals surface area contributed by atoms with Crippen molar-refractivity contribution in [1.29, 1.82) is 0 Å². The standard InChI is InChI=1S/C34H45N3O4S/c1-6-7-20-35-34(39)32(24-29-14-9-8-10-15-29)36(25-30-16-11-13-26(2)22-30)33(38)17-12-21-37(42(5,40)41)31-23-27(3)18-19-28(31)4/h8-11,13-16,18-19,22-23,32H,6-7,12,17,20-21,24-25H2,1-5H3,(H,35,39). The number of nitrogens with one attached hydrogen (secondary N) is 1. The minimum absolute atomic E-state index is 0.107. The summed E-state index contributed by atoms with van der Waals surface area (Å²) in [5, 5.41) is 3.04. The summed E-state index contributed by atoms with van der Waals surface area (Å²) in [7, 11) is -3.57. The molecule has 0 radical (unpaired) electrons. The SMILES string of the molecule is CCCCNC(=O)C(Cc1ccccc1)N(Cc1cccc(C)c1)C(=O)CCCN(c1cc(C)ccc1C)S(C)(=O)=O. The van der Waals surface area contributed by atoms with E-state index in [1.54, 1.807) is 4.90 Å². The summed E-state index contributed by atoms with van der Waals surface area (Å²) in [6, 6.07) is 22.7. The molecule has 0 heterocycles. The number of sulfonamides is 1. The van der Waals surface area contributed by atoms with Crippen LogP contribution >= 0.6 is 0 Å². The first kappa shape index (κ1) is 32.9. The number of carbonyl (C=O) groups excluding carboxylic acids is 2. The molecule has 3 rings (SSSR count). The largest absolute Gasteiger partial charge is 0.354 e. The van der Waals surface area contributed by atoms with Crippen molar-refractivity contribution in [3.8, 4) is 0 Å². The van der Waals surface area contributed by atoms with E-state index < -0.39 is 16.1 Å². The van der Waals surface area contributed by atoms with Crippen LogP contribution in [0.5, 0.6) is 0 Å². The molecule has 226 valence electrons. The molecule has 1 unspecified atom stereocenters. The number of aryl methyl sites for hydroxylation is 3. The fourth-order valence-corrected chi connectivity index (χ4v) is 6.05. The van der Waals surface area contributed by atoms with Crippen LogP contribution in [0.4, 0.5) is 5.69 Å². The minimum Gasteiger partial charge on any atom is -0.354 e. The molecule has 0 bridgehead atoms. The Morgan fingerprint density at radius 2 is 1.55 bits per heavy atom.